The van der Waals surface area contributed by atoms with Crippen LogP contribution in [-0.4, -0.2) is 53.9 Å². The van der Waals surface area contributed by atoms with Gasteiger partial charge in [0.15, 0.2) is 0 Å². The monoisotopic (exact) mass is 260 g/mol. The third-order valence-corrected chi connectivity index (χ3v) is 2.85. The fourth-order valence-corrected chi connectivity index (χ4v) is 1.88. The minimum atomic E-state index is -0.810. The van der Waals surface area contributed by atoms with Crippen LogP contribution in [0.15, 0.2) is 0 Å². The lowest BCUT2D eigenvalue weighted by atomic mass is 9.95. The van der Waals surface area contributed by atoms with Gasteiger partial charge in [-0.05, 0) is 27.2 Å². The molecule has 0 saturated carbocycles. The molecule has 0 fully saturated rings. The van der Waals surface area contributed by atoms with Gasteiger partial charge in [-0.15, -0.1) is 0 Å². The van der Waals surface area contributed by atoms with Crippen LogP contribution in [0.4, 0.5) is 0 Å². The average Bonchev–Trinajstić information content (AvgIpc) is 2.27. The third-order valence-electron chi connectivity index (χ3n) is 2.85. The van der Waals surface area contributed by atoms with Crippen molar-refractivity contribution in [2.45, 2.75) is 52.1 Å². The molecule has 18 heavy (non-hydrogen) atoms. The van der Waals surface area contributed by atoms with Crippen molar-refractivity contribution >= 4 is 5.91 Å². The molecule has 108 valence electrons. The van der Waals surface area contributed by atoms with Gasteiger partial charge in [-0.3, -0.25) is 4.79 Å². The van der Waals surface area contributed by atoms with Gasteiger partial charge in [0.1, 0.15) is 0 Å². The van der Waals surface area contributed by atoms with E-state index in [9.17, 15) is 4.79 Å². The Hall–Kier alpha value is -0.650. The Kier molecular flexibility index (Phi) is 8.15. The van der Waals surface area contributed by atoms with Gasteiger partial charge in [0, 0.05) is 12.6 Å². The van der Waals surface area contributed by atoms with Gasteiger partial charge >= 0.3 is 0 Å². The largest absolute Gasteiger partial charge is 0.394 e. The quantitative estimate of drug-likeness (QED) is 0.600. The maximum absolute atomic E-state index is 12.4. The molecule has 0 radical (unpaired) electrons. The first-order chi connectivity index (χ1) is 8.36. The van der Waals surface area contributed by atoms with Crippen LogP contribution in [0.25, 0.3) is 0 Å². The molecule has 1 atom stereocenters. The molecular formula is C13H28N2O3. The lowest BCUT2D eigenvalue weighted by Gasteiger charge is -2.34. The third kappa shape index (κ3) is 5.80. The van der Waals surface area contributed by atoms with Crippen LogP contribution in [0.3, 0.4) is 0 Å². The van der Waals surface area contributed by atoms with Crippen molar-refractivity contribution in [3.8, 4) is 0 Å². The van der Waals surface area contributed by atoms with E-state index in [1.54, 1.807) is 11.8 Å². The van der Waals surface area contributed by atoms with Gasteiger partial charge in [-0.2, -0.15) is 0 Å². The zero-order chi connectivity index (χ0) is 14.2. The molecule has 0 bridgehead atoms. The summed E-state index contributed by atoms with van der Waals surface area (Å²) in [5, 5.41) is 8.62. The summed E-state index contributed by atoms with van der Waals surface area (Å²) in [6.07, 6.45) is 1.55. The normalized spacial score (nSPS) is 14.6. The first-order valence-electron chi connectivity index (χ1n) is 6.65. The maximum atomic E-state index is 12.4. The van der Waals surface area contributed by atoms with Gasteiger partial charge in [0.2, 0.25) is 5.91 Å². The minimum Gasteiger partial charge on any atom is -0.394 e. The summed E-state index contributed by atoms with van der Waals surface area (Å²) >= 11 is 0. The highest BCUT2D eigenvalue weighted by atomic mass is 16.5. The molecule has 0 heterocycles. The van der Waals surface area contributed by atoms with E-state index < -0.39 is 5.54 Å². The maximum Gasteiger partial charge on any atom is 0.242 e. The van der Waals surface area contributed by atoms with Crippen molar-refractivity contribution in [2.75, 3.05) is 26.4 Å². The molecule has 0 aliphatic heterocycles. The van der Waals surface area contributed by atoms with Crippen LogP contribution in [0.2, 0.25) is 0 Å². The number of ether oxygens (including phenoxy) is 1. The molecule has 1 unspecified atom stereocenters. The van der Waals surface area contributed by atoms with Gasteiger partial charge in [-0.25, -0.2) is 0 Å². The van der Waals surface area contributed by atoms with E-state index >= 15 is 0 Å². The Morgan fingerprint density at radius 3 is 2.50 bits per heavy atom. The summed E-state index contributed by atoms with van der Waals surface area (Å²) in [5.41, 5.74) is 5.26. The number of hydrogen-bond acceptors (Lipinski definition) is 4. The topological polar surface area (TPSA) is 75.8 Å². The molecule has 0 aromatic carbocycles. The van der Waals surface area contributed by atoms with Crippen LogP contribution in [0.5, 0.6) is 0 Å². The summed E-state index contributed by atoms with van der Waals surface area (Å²) in [5.74, 6) is -0.0352. The highest BCUT2D eigenvalue weighted by molar-refractivity contribution is 5.85. The van der Waals surface area contributed by atoms with Crippen molar-refractivity contribution in [1.82, 2.24) is 4.90 Å². The number of carbonyl (C=O) groups is 1. The van der Waals surface area contributed by atoms with Crippen molar-refractivity contribution in [3.05, 3.63) is 0 Å². The summed E-state index contributed by atoms with van der Waals surface area (Å²) in [6.45, 7) is 8.96. The van der Waals surface area contributed by atoms with Crippen LogP contribution in [0, 0.1) is 0 Å². The lowest BCUT2D eigenvalue weighted by molar-refractivity contribution is -0.139. The smallest absolute Gasteiger partial charge is 0.242 e. The predicted molar refractivity (Wildman–Crippen MR) is 72.3 cm³/mol. The standard InChI is InChI=1S/C13H28N2O3/c1-5-6-13(4,14)12(17)15(11(2)3)7-9-18-10-8-16/h11,16H,5-10,14H2,1-4H3. The molecule has 1 amide bonds. The Labute approximate surface area is 110 Å². The van der Waals surface area contributed by atoms with Crippen molar-refractivity contribution in [3.63, 3.8) is 0 Å². The summed E-state index contributed by atoms with van der Waals surface area (Å²) in [4.78, 5) is 14.1. The number of nitrogens with zero attached hydrogens (tertiary/aromatic N) is 1. The highest BCUT2D eigenvalue weighted by Gasteiger charge is 2.32. The Balaban J connectivity index is 4.45. The van der Waals surface area contributed by atoms with E-state index in [1.807, 2.05) is 20.8 Å². The molecule has 0 rings (SSSR count). The molecule has 0 aromatic heterocycles. The van der Waals surface area contributed by atoms with Gasteiger partial charge in [0.25, 0.3) is 0 Å². The van der Waals surface area contributed by atoms with Gasteiger partial charge in [-0.1, -0.05) is 13.3 Å². The predicted octanol–water partition coefficient (Wildman–Crippen LogP) is 0.750. The highest BCUT2D eigenvalue weighted by Crippen LogP contribution is 2.14. The van der Waals surface area contributed by atoms with Crippen molar-refractivity contribution in [1.29, 1.82) is 0 Å². The Morgan fingerprint density at radius 1 is 1.44 bits per heavy atom. The van der Waals surface area contributed by atoms with Crippen LogP contribution < -0.4 is 5.73 Å². The van der Waals surface area contributed by atoms with Crippen LogP contribution in [-0.2, 0) is 9.53 Å². The van der Waals surface area contributed by atoms with E-state index in [1.165, 1.54) is 0 Å². The second kappa shape index (κ2) is 8.45. The van der Waals surface area contributed by atoms with Crippen molar-refractivity contribution in [2.24, 2.45) is 5.73 Å². The van der Waals surface area contributed by atoms with Gasteiger partial charge in [0.05, 0.1) is 25.4 Å². The summed E-state index contributed by atoms with van der Waals surface area (Å²) < 4.78 is 5.20. The molecular weight excluding hydrogens is 232 g/mol. The van der Waals surface area contributed by atoms with E-state index in [2.05, 4.69) is 0 Å². The second-order valence-electron chi connectivity index (χ2n) is 5.10. The zero-order valence-electron chi connectivity index (χ0n) is 12.1. The molecule has 0 aliphatic rings. The van der Waals surface area contributed by atoms with Crippen LogP contribution >= 0.6 is 0 Å². The number of carbonyl (C=O) groups excluding carboxylic acids is 1. The average molecular weight is 260 g/mol. The lowest BCUT2D eigenvalue weighted by Crippen LogP contribution is -2.55. The first-order valence-corrected chi connectivity index (χ1v) is 6.65. The number of aliphatic hydroxyl groups is 1. The number of nitrogens with two attached hydrogens (primary N) is 1. The fraction of sp³-hybridized carbons (Fsp3) is 0.923. The zero-order valence-corrected chi connectivity index (χ0v) is 12.1. The molecule has 0 aliphatic carbocycles. The van der Waals surface area contributed by atoms with Crippen LogP contribution in [0.1, 0.15) is 40.5 Å². The SMILES string of the molecule is CCCC(C)(N)C(=O)N(CCOCCO)C(C)C. The van der Waals surface area contributed by atoms with E-state index in [4.69, 9.17) is 15.6 Å². The molecule has 0 aromatic rings. The number of aliphatic hydroxyl groups excluding tert-OH is 1. The Morgan fingerprint density at radius 2 is 2.06 bits per heavy atom. The second-order valence-corrected chi connectivity index (χ2v) is 5.10. The minimum absolute atomic E-state index is 0.0000634. The molecule has 3 N–H and O–H groups in total. The van der Waals surface area contributed by atoms with E-state index in [-0.39, 0.29) is 18.6 Å². The molecule has 5 heteroatoms. The fourth-order valence-electron chi connectivity index (χ4n) is 1.88. The first kappa shape index (κ1) is 17.4. The Bertz CT molecular complexity index is 242. The number of rotatable bonds is 9. The molecule has 0 spiro atoms. The van der Waals surface area contributed by atoms with Gasteiger partial charge < -0.3 is 20.5 Å². The summed E-state index contributed by atoms with van der Waals surface area (Å²) in [7, 11) is 0. The number of amides is 1. The van der Waals surface area contributed by atoms with E-state index in [0.29, 0.717) is 26.2 Å². The van der Waals surface area contributed by atoms with Crippen molar-refractivity contribution < 1.29 is 14.6 Å². The number of hydrogen-bond donors (Lipinski definition) is 2. The molecule has 0 saturated heterocycles. The molecule has 5 nitrogen and oxygen atoms in total. The van der Waals surface area contributed by atoms with E-state index in [0.717, 1.165) is 6.42 Å². The summed E-state index contributed by atoms with van der Waals surface area (Å²) in [6, 6.07) is 0.0926.